The zero-order valence-electron chi connectivity index (χ0n) is 21.3. The number of nitrogens with one attached hydrogen (secondary N) is 1. The van der Waals surface area contributed by atoms with Crippen LogP contribution in [-0.2, 0) is 29.9 Å². The van der Waals surface area contributed by atoms with Crippen molar-refractivity contribution in [3.63, 3.8) is 0 Å². The highest BCUT2D eigenvalue weighted by molar-refractivity contribution is 6.33. The summed E-state index contributed by atoms with van der Waals surface area (Å²) in [4.78, 5) is 16.8. The number of amides is 1. The van der Waals surface area contributed by atoms with Crippen molar-refractivity contribution >= 4 is 23.4 Å². The maximum atomic E-state index is 12.8. The van der Waals surface area contributed by atoms with Gasteiger partial charge >= 0.3 is 12.3 Å². The molecule has 1 fully saturated rings. The van der Waals surface area contributed by atoms with Crippen molar-refractivity contribution in [1.29, 1.82) is 0 Å². The lowest BCUT2D eigenvalue weighted by molar-refractivity contribution is -0.288. The van der Waals surface area contributed by atoms with E-state index in [-0.39, 0.29) is 16.5 Å². The molecule has 210 valence electrons. The summed E-state index contributed by atoms with van der Waals surface area (Å²) in [6.45, 7) is 1.77. The average molecular weight is 571 g/mol. The van der Waals surface area contributed by atoms with E-state index in [2.05, 4.69) is 15.4 Å². The molecule has 10 nitrogen and oxygen atoms in total. The van der Waals surface area contributed by atoms with Gasteiger partial charge in [0.05, 0.1) is 28.1 Å². The molecule has 2 aromatic carbocycles. The van der Waals surface area contributed by atoms with Gasteiger partial charge in [-0.15, -0.1) is 5.10 Å². The molecule has 5 atom stereocenters. The molecule has 1 amide bonds. The van der Waals surface area contributed by atoms with Crippen LogP contribution in [0.25, 0.3) is 17.1 Å². The summed E-state index contributed by atoms with van der Waals surface area (Å²) in [5.41, 5.74) is 0.403. The van der Waals surface area contributed by atoms with E-state index in [1.807, 2.05) is 0 Å². The summed E-state index contributed by atoms with van der Waals surface area (Å²) in [6, 6.07) is 9.21. The number of carbonyl (C=O) groups is 1. The summed E-state index contributed by atoms with van der Waals surface area (Å²) in [5.74, 6) is 0.227. The molecular formula is C25H26ClF3N4O6. The van der Waals surface area contributed by atoms with Crippen LogP contribution in [0.15, 0.2) is 48.8 Å². The Morgan fingerprint density at radius 3 is 2.28 bits per heavy atom. The molecule has 0 saturated carbocycles. The maximum absolute atomic E-state index is 12.8. The molecular weight excluding hydrogens is 545 g/mol. The molecule has 14 heteroatoms. The van der Waals surface area contributed by atoms with E-state index in [1.165, 1.54) is 56.6 Å². The predicted molar refractivity (Wildman–Crippen MR) is 134 cm³/mol. The lowest BCUT2D eigenvalue weighted by Crippen LogP contribution is -2.59. The summed E-state index contributed by atoms with van der Waals surface area (Å²) < 4.78 is 67.5. The van der Waals surface area contributed by atoms with Crippen LogP contribution >= 0.6 is 11.6 Å². The van der Waals surface area contributed by atoms with Crippen LogP contribution in [0.3, 0.4) is 0 Å². The van der Waals surface area contributed by atoms with Crippen molar-refractivity contribution < 1.29 is 41.7 Å². The average Bonchev–Trinajstić information content (AvgIpc) is 3.39. The molecule has 0 spiro atoms. The van der Waals surface area contributed by atoms with E-state index in [1.54, 1.807) is 13.0 Å². The van der Waals surface area contributed by atoms with Gasteiger partial charge in [0.2, 0.25) is 6.29 Å². The summed E-state index contributed by atoms with van der Waals surface area (Å²) >= 11 is 6.38. The first-order valence-electron chi connectivity index (χ1n) is 11.7. The molecule has 2 heterocycles. The summed E-state index contributed by atoms with van der Waals surface area (Å²) in [7, 11) is 4.47. The summed E-state index contributed by atoms with van der Waals surface area (Å²) in [6.07, 6.45) is -7.10. The van der Waals surface area contributed by atoms with Gasteiger partial charge in [0, 0.05) is 26.9 Å². The number of hydrogen-bond acceptors (Lipinski definition) is 8. The molecule has 1 aromatic heterocycles. The number of benzene rings is 2. The molecule has 0 unspecified atom stereocenters. The van der Waals surface area contributed by atoms with E-state index in [0.717, 1.165) is 12.1 Å². The summed E-state index contributed by atoms with van der Waals surface area (Å²) in [5, 5.41) is 7.04. The van der Waals surface area contributed by atoms with Crippen LogP contribution in [0.1, 0.15) is 12.5 Å². The number of nitrogens with zero attached hydrogens (tertiary/aromatic N) is 3. The van der Waals surface area contributed by atoms with E-state index >= 15 is 0 Å². The second-order valence-corrected chi connectivity index (χ2v) is 9.00. The quantitative estimate of drug-likeness (QED) is 0.426. The van der Waals surface area contributed by atoms with E-state index in [0.29, 0.717) is 11.3 Å². The Bertz CT molecular complexity index is 1290. The topological polar surface area (TPSA) is 106 Å². The van der Waals surface area contributed by atoms with E-state index < -0.39 is 48.5 Å². The van der Waals surface area contributed by atoms with E-state index in [9.17, 15) is 18.0 Å². The van der Waals surface area contributed by atoms with Crippen molar-refractivity contribution in [1.82, 2.24) is 14.8 Å². The molecule has 4 rings (SSSR count). The zero-order chi connectivity index (χ0) is 28.3. The minimum absolute atomic E-state index is 0.173. The van der Waals surface area contributed by atoms with Gasteiger partial charge in [-0.05, 0) is 37.3 Å². The van der Waals surface area contributed by atoms with Gasteiger partial charge in [0.1, 0.15) is 24.6 Å². The number of alkyl halides is 3. The number of hydrogen-bond donors (Lipinski definition) is 1. The fourth-order valence-electron chi connectivity index (χ4n) is 4.23. The highest BCUT2D eigenvalue weighted by atomic mass is 35.5. The van der Waals surface area contributed by atoms with Crippen molar-refractivity contribution in [2.45, 2.75) is 43.8 Å². The van der Waals surface area contributed by atoms with Crippen LogP contribution in [0, 0.1) is 0 Å². The SMILES string of the molecule is CO[C@@H]1[C@@H](OC)[C@H](C)O[C@H](OC(=O)Nc2ccc(-n3cnc(-c4ccc(C(F)(F)F)cc4)n3)cc2Cl)[C@@H]1OC. The van der Waals surface area contributed by atoms with Gasteiger partial charge in [-0.3, -0.25) is 5.32 Å². The maximum Gasteiger partial charge on any atom is 0.416 e. The number of anilines is 1. The van der Waals surface area contributed by atoms with Gasteiger partial charge in [-0.1, -0.05) is 23.7 Å². The Morgan fingerprint density at radius 2 is 1.69 bits per heavy atom. The van der Waals surface area contributed by atoms with Crippen LogP contribution in [0.5, 0.6) is 0 Å². The zero-order valence-corrected chi connectivity index (χ0v) is 22.1. The van der Waals surface area contributed by atoms with Crippen LogP contribution in [0.4, 0.5) is 23.7 Å². The highest BCUT2D eigenvalue weighted by Gasteiger charge is 2.47. The van der Waals surface area contributed by atoms with Crippen LogP contribution < -0.4 is 5.32 Å². The third-order valence-electron chi connectivity index (χ3n) is 6.18. The predicted octanol–water partition coefficient (Wildman–Crippen LogP) is 4.94. The Balaban J connectivity index is 1.43. The number of ether oxygens (including phenoxy) is 5. The van der Waals surface area contributed by atoms with Crippen molar-refractivity contribution in [2.75, 3.05) is 26.6 Å². The number of methoxy groups -OCH3 is 3. The molecule has 1 saturated heterocycles. The third kappa shape index (κ3) is 6.34. The second-order valence-electron chi connectivity index (χ2n) is 8.59. The Hall–Kier alpha value is -3.23. The first kappa shape index (κ1) is 28.8. The Morgan fingerprint density at radius 1 is 1.03 bits per heavy atom. The highest BCUT2D eigenvalue weighted by Crippen LogP contribution is 2.31. The lowest BCUT2D eigenvalue weighted by atomic mass is 9.99. The first-order valence-corrected chi connectivity index (χ1v) is 12.0. The monoisotopic (exact) mass is 570 g/mol. The van der Waals surface area contributed by atoms with Gasteiger partial charge in [0.25, 0.3) is 0 Å². The van der Waals surface area contributed by atoms with Crippen LogP contribution in [-0.4, -0.2) is 72.9 Å². The standard InChI is InChI=1S/C25H26ClF3N4O6/c1-13-19(35-2)20(36-3)21(37-4)23(38-13)39-24(34)31-18-10-9-16(11-17(18)26)33-12-30-22(32-33)14-5-7-15(8-6-14)25(27,28)29/h5-13,19-21,23H,1-4H3,(H,31,34)/t13-,19-,20+,21+,23+/m0/s1. The van der Waals surface area contributed by atoms with E-state index in [4.69, 9.17) is 35.3 Å². The molecule has 1 aliphatic heterocycles. The van der Waals surface area contributed by atoms with Crippen molar-refractivity contribution in [3.8, 4) is 17.1 Å². The largest absolute Gasteiger partial charge is 0.416 e. The van der Waals surface area contributed by atoms with Gasteiger partial charge in [-0.2, -0.15) is 13.2 Å². The van der Waals surface area contributed by atoms with Gasteiger partial charge in [-0.25, -0.2) is 14.5 Å². The first-order chi connectivity index (χ1) is 18.5. The van der Waals surface area contributed by atoms with Crippen molar-refractivity contribution in [2.24, 2.45) is 0 Å². The van der Waals surface area contributed by atoms with Crippen molar-refractivity contribution in [3.05, 3.63) is 59.4 Å². The normalized spacial score (nSPS) is 23.4. The molecule has 1 N–H and O–H groups in total. The smallest absolute Gasteiger partial charge is 0.416 e. The fourth-order valence-corrected chi connectivity index (χ4v) is 4.45. The molecule has 0 aliphatic carbocycles. The van der Waals surface area contributed by atoms with Crippen LogP contribution in [0.2, 0.25) is 5.02 Å². The molecule has 0 bridgehead atoms. The molecule has 3 aromatic rings. The minimum Gasteiger partial charge on any atom is -0.416 e. The third-order valence-corrected chi connectivity index (χ3v) is 6.50. The lowest BCUT2D eigenvalue weighted by Gasteiger charge is -2.43. The Labute approximate surface area is 226 Å². The number of halogens is 4. The molecule has 0 radical (unpaired) electrons. The number of rotatable bonds is 7. The van der Waals surface area contributed by atoms with Gasteiger partial charge in [0.15, 0.2) is 5.82 Å². The fraction of sp³-hybridized carbons (Fsp3) is 0.400. The Kier molecular flexibility index (Phi) is 8.76. The molecule has 1 aliphatic rings. The number of carbonyl (C=O) groups excluding carboxylic acids is 1. The minimum atomic E-state index is -4.43. The second kappa shape index (κ2) is 11.9. The molecule has 39 heavy (non-hydrogen) atoms. The number of aromatic nitrogens is 3. The van der Waals surface area contributed by atoms with Gasteiger partial charge < -0.3 is 23.7 Å².